The number of carbonyl (C=O) groups is 1. The predicted octanol–water partition coefficient (Wildman–Crippen LogP) is 4.66. The lowest BCUT2D eigenvalue weighted by atomic mass is 9.97. The SMILES string of the molecule is C/C(=N/NC(=O)CSc1nc2sc3c(c2c(=O)n1-c1ccc(C)cc1)CCCC3)c1ccncc1. The van der Waals surface area contributed by atoms with Crippen molar-refractivity contribution < 1.29 is 4.79 Å². The normalized spacial score (nSPS) is 13.6. The van der Waals surface area contributed by atoms with Gasteiger partial charge in [0.25, 0.3) is 11.5 Å². The van der Waals surface area contributed by atoms with E-state index in [1.165, 1.54) is 16.6 Å². The first-order valence-corrected chi connectivity index (χ1v) is 13.3. The van der Waals surface area contributed by atoms with Gasteiger partial charge < -0.3 is 0 Å². The summed E-state index contributed by atoms with van der Waals surface area (Å²) < 4.78 is 1.65. The van der Waals surface area contributed by atoms with Crippen LogP contribution >= 0.6 is 23.1 Å². The third-order valence-electron chi connectivity index (χ3n) is 6.03. The molecule has 3 heterocycles. The number of nitrogens with one attached hydrogen (secondary N) is 1. The molecule has 5 rings (SSSR count). The van der Waals surface area contributed by atoms with Crippen LogP contribution in [0.1, 0.15) is 41.3 Å². The molecule has 0 unspecified atom stereocenters. The van der Waals surface area contributed by atoms with Crippen LogP contribution in [0, 0.1) is 6.92 Å². The fraction of sp³-hybridized carbons (Fsp3) is 0.269. The Morgan fingerprint density at radius 2 is 1.89 bits per heavy atom. The monoisotopic (exact) mass is 503 g/mol. The Balaban J connectivity index is 1.45. The number of hydrazone groups is 1. The van der Waals surface area contributed by atoms with Crippen molar-refractivity contribution in [3.05, 3.63) is 80.7 Å². The number of carbonyl (C=O) groups excluding carboxylic acids is 1. The lowest BCUT2D eigenvalue weighted by Crippen LogP contribution is -2.24. The maximum absolute atomic E-state index is 13.8. The Labute approximate surface area is 211 Å². The van der Waals surface area contributed by atoms with Gasteiger partial charge in [0, 0.05) is 22.8 Å². The number of amides is 1. The van der Waals surface area contributed by atoms with Crippen LogP contribution in [0.25, 0.3) is 15.9 Å². The summed E-state index contributed by atoms with van der Waals surface area (Å²) in [5, 5.41) is 5.44. The molecule has 178 valence electrons. The van der Waals surface area contributed by atoms with Gasteiger partial charge in [-0.05, 0) is 69.4 Å². The van der Waals surface area contributed by atoms with Gasteiger partial charge in [-0.1, -0.05) is 29.5 Å². The number of nitrogens with zero attached hydrogens (tertiary/aromatic N) is 4. The van der Waals surface area contributed by atoms with Gasteiger partial charge >= 0.3 is 0 Å². The molecular formula is C26H25N5O2S2. The van der Waals surface area contributed by atoms with E-state index in [9.17, 15) is 9.59 Å². The minimum Gasteiger partial charge on any atom is -0.272 e. The van der Waals surface area contributed by atoms with Crippen LogP contribution in [0.4, 0.5) is 0 Å². The van der Waals surface area contributed by atoms with Crippen molar-refractivity contribution in [1.29, 1.82) is 0 Å². The zero-order valence-electron chi connectivity index (χ0n) is 19.6. The van der Waals surface area contributed by atoms with E-state index in [0.717, 1.165) is 58.3 Å². The van der Waals surface area contributed by atoms with E-state index in [2.05, 4.69) is 15.5 Å². The van der Waals surface area contributed by atoms with Crippen molar-refractivity contribution in [3.63, 3.8) is 0 Å². The second-order valence-corrected chi connectivity index (χ2v) is 10.5. The van der Waals surface area contributed by atoms with Crippen LogP contribution in [-0.2, 0) is 17.6 Å². The number of fused-ring (bicyclic) bond motifs is 3. The number of hydrogen-bond donors (Lipinski definition) is 1. The minimum atomic E-state index is -0.265. The summed E-state index contributed by atoms with van der Waals surface area (Å²) in [5.74, 6) is -0.180. The first-order chi connectivity index (χ1) is 17.0. The van der Waals surface area contributed by atoms with Gasteiger partial charge in [-0.2, -0.15) is 5.10 Å². The van der Waals surface area contributed by atoms with Crippen molar-refractivity contribution in [2.24, 2.45) is 5.10 Å². The molecule has 0 fully saturated rings. The lowest BCUT2D eigenvalue weighted by Gasteiger charge is -2.13. The van der Waals surface area contributed by atoms with Gasteiger partial charge in [0.05, 0.1) is 22.5 Å². The van der Waals surface area contributed by atoms with Crippen LogP contribution in [0.3, 0.4) is 0 Å². The Kier molecular flexibility index (Phi) is 6.79. The standard InChI is InChI=1S/C26H25N5O2S2/c1-16-7-9-19(10-8-16)31-25(33)23-20-5-3-4-6-21(20)35-24(23)28-26(31)34-15-22(32)30-29-17(2)18-11-13-27-14-12-18/h7-14H,3-6,15H2,1-2H3,(H,30,32)/b29-17-. The number of thioether (sulfide) groups is 1. The molecule has 0 spiro atoms. The molecule has 0 atom stereocenters. The Hall–Kier alpha value is -3.30. The molecule has 0 aliphatic heterocycles. The summed E-state index contributed by atoms with van der Waals surface area (Å²) >= 11 is 2.86. The van der Waals surface area contributed by atoms with E-state index in [-0.39, 0.29) is 17.2 Å². The summed E-state index contributed by atoms with van der Waals surface area (Å²) in [4.78, 5) is 37.3. The average Bonchev–Trinajstić information content (AvgIpc) is 3.26. The molecule has 35 heavy (non-hydrogen) atoms. The van der Waals surface area contributed by atoms with Crippen molar-refractivity contribution >= 4 is 44.9 Å². The molecule has 0 radical (unpaired) electrons. The average molecular weight is 504 g/mol. The van der Waals surface area contributed by atoms with Gasteiger partial charge in [-0.15, -0.1) is 11.3 Å². The van der Waals surface area contributed by atoms with Crippen LogP contribution < -0.4 is 11.0 Å². The number of pyridine rings is 1. The summed E-state index contributed by atoms with van der Waals surface area (Å²) in [6.07, 6.45) is 7.53. The van der Waals surface area contributed by atoms with Gasteiger partial charge in [0.1, 0.15) is 4.83 Å². The lowest BCUT2D eigenvalue weighted by molar-refractivity contribution is -0.118. The second kappa shape index (κ2) is 10.1. The third-order valence-corrected chi connectivity index (χ3v) is 8.15. The smallest absolute Gasteiger partial charge is 0.267 e. The van der Waals surface area contributed by atoms with E-state index >= 15 is 0 Å². The van der Waals surface area contributed by atoms with Crippen molar-refractivity contribution in [1.82, 2.24) is 20.0 Å². The van der Waals surface area contributed by atoms with Crippen molar-refractivity contribution in [2.75, 3.05) is 5.75 Å². The van der Waals surface area contributed by atoms with Crippen molar-refractivity contribution in [2.45, 2.75) is 44.7 Å². The van der Waals surface area contributed by atoms with Crippen LogP contribution in [0.2, 0.25) is 0 Å². The highest BCUT2D eigenvalue weighted by molar-refractivity contribution is 7.99. The highest BCUT2D eigenvalue weighted by atomic mass is 32.2. The van der Waals surface area contributed by atoms with Gasteiger partial charge in [-0.3, -0.25) is 19.1 Å². The maximum Gasteiger partial charge on any atom is 0.267 e. The maximum atomic E-state index is 13.8. The first-order valence-electron chi connectivity index (χ1n) is 11.5. The van der Waals surface area contributed by atoms with E-state index in [1.54, 1.807) is 28.3 Å². The molecule has 1 aliphatic rings. The predicted molar refractivity (Wildman–Crippen MR) is 142 cm³/mol. The molecule has 7 nitrogen and oxygen atoms in total. The van der Waals surface area contributed by atoms with Crippen LogP contribution in [-0.4, -0.2) is 31.9 Å². The Morgan fingerprint density at radius 1 is 1.14 bits per heavy atom. The summed E-state index contributed by atoms with van der Waals surface area (Å²) in [6.45, 7) is 3.84. The summed E-state index contributed by atoms with van der Waals surface area (Å²) in [6, 6.07) is 11.5. The van der Waals surface area contributed by atoms with Crippen LogP contribution in [0.5, 0.6) is 0 Å². The molecule has 0 saturated heterocycles. The summed E-state index contributed by atoms with van der Waals surface area (Å²) in [5.41, 5.74) is 7.13. The molecule has 4 aromatic rings. The quantitative estimate of drug-likeness (QED) is 0.179. The number of aryl methyl sites for hydroxylation is 3. The van der Waals surface area contributed by atoms with Gasteiger partial charge in [0.15, 0.2) is 5.16 Å². The topological polar surface area (TPSA) is 89.2 Å². The van der Waals surface area contributed by atoms with Gasteiger partial charge in [-0.25, -0.2) is 10.4 Å². The van der Waals surface area contributed by atoms with Gasteiger partial charge in [0.2, 0.25) is 0 Å². The minimum absolute atomic E-state index is 0.0623. The summed E-state index contributed by atoms with van der Waals surface area (Å²) in [7, 11) is 0. The number of thiophene rings is 1. The Morgan fingerprint density at radius 3 is 2.66 bits per heavy atom. The molecule has 0 bridgehead atoms. The fourth-order valence-electron chi connectivity index (χ4n) is 4.17. The number of aromatic nitrogens is 3. The van der Waals surface area contributed by atoms with E-state index in [4.69, 9.17) is 4.98 Å². The molecule has 1 amide bonds. The molecule has 9 heteroatoms. The molecule has 3 aromatic heterocycles. The molecule has 0 saturated carbocycles. The third kappa shape index (κ3) is 4.92. The molecule has 1 aromatic carbocycles. The fourth-order valence-corrected chi connectivity index (χ4v) is 6.28. The highest BCUT2D eigenvalue weighted by Crippen LogP contribution is 2.35. The second-order valence-electron chi connectivity index (χ2n) is 8.52. The Bertz CT molecular complexity index is 1470. The van der Waals surface area contributed by atoms with Crippen molar-refractivity contribution in [3.8, 4) is 5.69 Å². The number of benzene rings is 1. The van der Waals surface area contributed by atoms with E-state index < -0.39 is 0 Å². The number of rotatable bonds is 6. The largest absolute Gasteiger partial charge is 0.272 e. The van der Waals surface area contributed by atoms with E-state index in [1.807, 2.05) is 50.2 Å². The molecule has 1 N–H and O–H groups in total. The van der Waals surface area contributed by atoms with Crippen LogP contribution in [0.15, 0.2) is 63.8 Å². The molecule has 1 aliphatic carbocycles. The highest BCUT2D eigenvalue weighted by Gasteiger charge is 2.23. The zero-order valence-corrected chi connectivity index (χ0v) is 21.2. The molecular weight excluding hydrogens is 478 g/mol. The first kappa shape index (κ1) is 23.4. The number of hydrogen-bond acceptors (Lipinski definition) is 7. The van der Waals surface area contributed by atoms with E-state index in [0.29, 0.717) is 10.9 Å². The zero-order chi connectivity index (χ0) is 24.4.